The molecule has 18 nitrogen and oxygen atoms in total. The van der Waals surface area contributed by atoms with Crippen molar-refractivity contribution in [1.82, 2.24) is 26.2 Å². The Labute approximate surface area is 244 Å². The number of guanidine groups is 1. The standard InChI is InChI=1S/C23H43BN8O10/c1-15(34)30-23(26)28-6-2-4-16(25)21(37)27-7-9-41-10-11-42-14-19(35)31-17(13-33)22(38)29-12-20(36)32-8-3-5-18(32)24(39)40/h16-18,33,39-40H,2-14,25H2,1H3,(H,27,37)(H,29,38)(H,31,35)(H3,26,28,30,34)/t16-,17-,18?/m0/s1. The average molecular weight is 602 g/mol. The second-order valence-corrected chi connectivity index (χ2v) is 9.38. The highest BCUT2D eigenvalue weighted by Crippen LogP contribution is 2.17. The predicted molar refractivity (Wildman–Crippen MR) is 149 cm³/mol. The van der Waals surface area contributed by atoms with Gasteiger partial charge in [-0.05, 0) is 25.7 Å². The number of rotatable bonds is 19. The lowest BCUT2D eigenvalue weighted by Crippen LogP contribution is -2.53. The Balaban J connectivity index is 2.13. The van der Waals surface area contributed by atoms with Gasteiger partial charge in [0.25, 0.3) is 0 Å². The fourth-order valence-electron chi connectivity index (χ4n) is 3.85. The molecule has 0 radical (unpaired) electrons. The Kier molecular flexibility index (Phi) is 17.9. The van der Waals surface area contributed by atoms with Crippen LogP contribution in [0.5, 0.6) is 0 Å². The number of hydrogen-bond acceptors (Lipinski definition) is 12. The van der Waals surface area contributed by atoms with E-state index in [0.29, 0.717) is 38.8 Å². The molecule has 1 saturated heterocycles. The van der Waals surface area contributed by atoms with Crippen LogP contribution < -0.4 is 32.7 Å². The number of ether oxygens (including phenoxy) is 2. The van der Waals surface area contributed by atoms with Crippen molar-refractivity contribution < 1.29 is 48.6 Å². The third kappa shape index (κ3) is 15.0. The molecule has 1 fully saturated rings. The number of aliphatic hydroxyl groups excluding tert-OH is 1. The molecule has 1 aliphatic rings. The monoisotopic (exact) mass is 602 g/mol. The molecule has 1 unspecified atom stereocenters. The lowest BCUT2D eigenvalue weighted by molar-refractivity contribution is -0.135. The van der Waals surface area contributed by atoms with Gasteiger partial charge in [-0.25, -0.2) is 0 Å². The lowest BCUT2D eigenvalue weighted by atomic mass is 9.78. The summed E-state index contributed by atoms with van der Waals surface area (Å²) in [6.07, 6.45) is 1.90. The molecule has 0 aromatic carbocycles. The molecule has 0 spiro atoms. The quantitative estimate of drug-likeness (QED) is 0.0289. The molecular weight excluding hydrogens is 559 g/mol. The minimum Gasteiger partial charge on any atom is -0.426 e. The van der Waals surface area contributed by atoms with Crippen molar-refractivity contribution in [3.8, 4) is 0 Å². The number of nitrogens with zero attached hydrogens (tertiary/aromatic N) is 2. The third-order valence-electron chi connectivity index (χ3n) is 5.96. The summed E-state index contributed by atoms with van der Waals surface area (Å²) in [6, 6.07) is -2.06. The normalized spacial score (nSPS) is 16.4. The van der Waals surface area contributed by atoms with Gasteiger partial charge in [-0.2, -0.15) is 0 Å². The highest BCUT2D eigenvalue weighted by Gasteiger charge is 2.36. The number of likely N-dealkylation sites (tertiary alicyclic amines) is 1. The summed E-state index contributed by atoms with van der Waals surface area (Å²) < 4.78 is 10.5. The van der Waals surface area contributed by atoms with Crippen LogP contribution in [0, 0.1) is 0 Å². The minimum atomic E-state index is -1.68. The maximum atomic E-state index is 12.3. The van der Waals surface area contributed by atoms with Crippen molar-refractivity contribution in [2.75, 3.05) is 59.2 Å². The average Bonchev–Trinajstić information content (AvgIpc) is 3.44. The van der Waals surface area contributed by atoms with E-state index in [0.717, 1.165) is 0 Å². The Morgan fingerprint density at radius 3 is 2.48 bits per heavy atom. The third-order valence-corrected chi connectivity index (χ3v) is 5.96. The highest BCUT2D eigenvalue weighted by atomic mass is 16.5. The topological polar surface area (TPSA) is 280 Å². The van der Waals surface area contributed by atoms with E-state index in [1.807, 2.05) is 0 Å². The van der Waals surface area contributed by atoms with Gasteiger partial charge in [-0.1, -0.05) is 0 Å². The van der Waals surface area contributed by atoms with Crippen molar-refractivity contribution in [3.05, 3.63) is 0 Å². The molecule has 1 rings (SSSR count). The molecule has 1 aliphatic heterocycles. The van der Waals surface area contributed by atoms with Crippen LogP contribution in [0.4, 0.5) is 0 Å². The SMILES string of the molecule is CC(=O)NC(N)=NCCC[C@H](N)C(=O)NCCOCCOCC(=O)N[C@@H](CO)C(=O)NCC(=O)N1CCCC1B(O)O. The highest BCUT2D eigenvalue weighted by molar-refractivity contribution is 6.43. The van der Waals surface area contributed by atoms with Gasteiger partial charge in [0, 0.05) is 26.6 Å². The number of nitrogens with two attached hydrogens (primary N) is 2. The first kappa shape index (κ1) is 36.7. The van der Waals surface area contributed by atoms with E-state index in [2.05, 4.69) is 26.3 Å². The van der Waals surface area contributed by atoms with Crippen molar-refractivity contribution in [3.63, 3.8) is 0 Å². The summed E-state index contributed by atoms with van der Waals surface area (Å²) in [5, 5.41) is 37.7. The second kappa shape index (κ2) is 20.5. The molecule has 5 amide bonds. The Morgan fingerprint density at radius 2 is 1.81 bits per heavy atom. The first-order valence-electron chi connectivity index (χ1n) is 13.6. The molecule has 0 aromatic rings. The van der Waals surface area contributed by atoms with E-state index in [9.17, 15) is 39.1 Å². The summed E-state index contributed by atoms with van der Waals surface area (Å²) >= 11 is 0. The van der Waals surface area contributed by atoms with E-state index in [-0.39, 0.29) is 44.1 Å². The van der Waals surface area contributed by atoms with Crippen LogP contribution in [-0.2, 0) is 33.4 Å². The largest absolute Gasteiger partial charge is 0.475 e. The van der Waals surface area contributed by atoms with Crippen LogP contribution in [0.3, 0.4) is 0 Å². The maximum Gasteiger partial charge on any atom is 0.475 e. The van der Waals surface area contributed by atoms with Gasteiger partial charge in [0.2, 0.25) is 29.5 Å². The summed E-state index contributed by atoms with van der Waals surface area (Å²) in [5.74, 6) is -3.41. The maximum absolute atomic E-state index is 12.3. The number of hydrogen-bond donors (Lipinski definition) is 9. The fourth-order valence-corrected chi connectivity index (χ4v) is 3.85. The molecule has 42 heavy (non-hydrogen) atoms. The summed E-state index contributed by atoms with van der Waals surface area (Å²) in [6.45, 7) is 0.928. The molecule has 11 N–H and O–H groups in total. The van der Waals surface area contributed by atoms with Crippen LogP contribution in [0.15, 0.2) is 4.99 Å². The van der Waals surface area contributed by atoms with Crippen molar-refractivity contribution in [2.24, 2.45) is 16.5 Å². The van der Waals surface area contributed by atoms with E-state index < -0.39 is 62.6 Å². The van der Waals surface area contributed by atoms with Crippen LogP contribution >= 0.6 is 0 Å². The van der Waals surface area contributed by atoms with Gasteiger partial charge in [-0.15, -0.1) is 0 Å². The predicted octanol–water partition coefficient (Wildman–Crippen LogP) is -5.71. The van der Waals surface area contributed by atoms with E-state index in [1.54, 1.807) is 0 Å². The Morgan fingerprint density at radius 1 is 1.10 bits per heavy atom. The zero-order valence-corrected chi connectivity index (χ0v) is 23.8. The number of carbonyl (C=O) groups excluding carboxylic acids is 5. The molecule has 0 saturated carbocycles. The van der Waals surface area contributed by atoms with Gasteiger partial charge in [0.1, 0.15) is 12.6 Å². The number of carbonyl (C=O) groups is 5. The first-order valence-corrected chi connectivity index (χ1v) is 13.6. The number of nitrogens with one attached hydrogen (secondary N) is 4. The first-order chi connectivity index (χ1) is 20.0. The van der Waals surface area contributed by atoms with Gasteiger partial charge in [-0.3, -0.25) is 34.3 Å². The van der Waals surface area contributed by atoms with Crippen LogP contribution in [0.2, 0.25) is 0 Å². The van der Waals surface area contributed by atoms with Crippen molar-refractivity contribution in [1.29, 1.82) is 0 Å². The Bertz CT molecular complexity index is 926. The van der Waals surface area contributed by atoms with E-state index in [4.69, 9.17) is 20.9 Å². The summed E-state index contributed by atoms with van der Waals surface area (Å²) in [5.41, 5.74) is 11.3. The molecule has 0 aromatic heterocycles. The molecule has 3 atom stereocenters. The van der Waals surface area contributed by atoms with E-state index >= 15 is 0 Å². The summed E-state index contributed by atoms with van der Waals surface area (Å²) in [7, 11) is -1.68. The minimum absolute atomic E-state index is 0.00317. The number of aliphatic hydroxyl groups is 1. The number of amides is 5. The van der Waals surface area contributed by atoms with Gasteiger partial charge in [0.15, 0.2) is 5.96 Å². The number of aliphatic imine (C=N–C) groups is 1. The molecule has 1 heterocycles. The summed E-state index contributed by atoms with van der Waals surface area (Å²) in [4.78, 5) is 64.6. The molecule has 19 heteroatoms. The van der Waals surface area contributed by atoms with E-state index in [1.165, 1.54) is 11.8 Å². The lowest BCUT2D eigenvalue weighted by Gasteiger charge is -2.24. The molecular formula is C23H43BN8O10. The zero-order valence-electron chi connectivity index (χ0n) is 23.8. The zero-order chi connectivity index (χ0) is 31.5. The molecule has 238 valence electrons. The van der Waals surface area contributed by atoms with Gasteiger partial charge in [0.05, 0.1) is 45.0 Å². The second-order valence-electron chi connectivity index (χ2n) is 9.38. The van der Waals surface area contributed by atoms with Crippen LogP contribution in [0.25, 0.3) is 0 Å². The van der Waals surface area contributed by atoms with Crippen molar-refractivity contribution >= 4 is 42.6 Å². The van der Waals surface area contributed by atoms with Crippen molar-refractivity contribution in [2.45, 2.75) is 50.6 Å². The molecule has 0 aliphatic carbocycles. The fraction of sp³-hybridized carbons (Fsp3) is 0.739. The van der Waals surface area contributed by atoms with Crippen LogP contribution in [0.1, 0.15) is 32.6 Å². The van der Waals surface area contributed by atoms with Gasteiger partial charge < -0.3 is 56.9 Å². The molecule has 0 bridgehead atoms. The van der Waals surface area contributed by atoms with Gasteiger partial charge >= 0.3 is 7.12 Å². The Hall–Kier alpha value is -3.36. The van der Waals surface area contributed by atoms with Crippen LogP contribution in [-0.4, -0.2) is 140 Å². The smallest absolute Gasteiger partial charge is 0.426 e.